The predicted molar refractivity (Wildman–Crippen MR) is 68.9 cm³/mol. The number of aryl methyl sites for hydroxylation is 1. The standard InChI is InChI=1S/C14H19NO3/c1-2-10-4-3-5-12(8-10)18-9-13(14(16)17)15-11-6-7-11/h3-5,8,11,13,15H,2,6-7,9H2,1H3,(H,16,17). The molecule has 1 aromatic carbocycles. The minimum atomic E-state index is -0.853. The lowest BCUT2D eigenvalue weighted by molar-refractivity contribution is -0.140. The molecule has 4 heteroatoms. The first-order valence-electron chi connectivity index (χ1n) is 6.39. The fraction of sp³-hybridized carbons (Fsp3) is 0.500. The van der Waals surface area contributed by atoms with Crippen molar-refractivity contribution in [3.8, 4) is 5.75 Å². The maximum Gasteiger partial charge on any atom is 0.324 e. The predicted octanol–water partition coefficient (Wildman–Crippen LogP) is 1.83. The van der Waals surface area contributed by atoms with Crippen molar-refractivity contribution < 1.29 is 14.6 Å². The minimum absolute atomic E-state index is 0.166. The van der Waals surface area contributed by atoms with Gasteiger partial charge in [0.05, 0.1) is 0 Å². The van der Waals surface area contributed by atoms with Crippen LogP contribution in [0.25, 0.3) is 0 Å². The van der Waals surface area contributed by atoms with E-state index in [2.05, 4.69) is 12.2 Å². The van der Waals surface area contributed by atoms with E-state index >= 15 is 0 Å². The van der Waals surface area contributed by atoms with Crippen molar-refractivity contribution in [1.82, 2.24) is 5.32 Å². The second-order valence-electron chi connectivity index (χ2n) is 4.64. The molecule has 0 aliphatic heterocycles. The van der Waals surface area contributed by atoms with Crippen LogP contribution in [0.2, 0.25) is 0 Å². The molecule has 0 heterocycles. The third-order valence-corrected chi connectivity index (χ3v) is 3.04. The molecular weight excluding hydrogens is 230 g/mol. The Hall–Kier alpha value is -1.55. The zero-order chi connectivity index (χ0) is 13.0. The molecular formula is C14H19NO3. The van der Waals surface area contributed by atoms with Crippen LogP contribution in [0.4, 0.5) is 0 Å². The van der Waals surface area contributed by atoms with Gasteiger partial charge in [0, 0.05) is 6.04 Å². The molecule has 18 heavy (non-hydrogen) atoms. The monoisotopic (exact) mass is 249 g/mol. The van der Waals surface area contributed by atoms with E-state index in [9.17, 15) is 4.79 Å². The van der Waals surface area contributed by atoms with Gasteiger partial charge in [0.2, 0.25) is 0 Å². The molecule has 0 amide bonds. The topological polar surface area (TPSA) is 58.6 Å². The molecule has 0 aromatic heterocycles. The van der Waals surface area contributed by atoms with Crippen LogP contribution in [-0.4, -0.2) is 29.8 Å². The summed E-state index contributed by atoms with van der Waals surface area (Å²) >= 11 is 0. The molecule has 2 rings (SSSR count). The first-order chi connectivity index (χ1) is 8.69. The highest BCUT2D eigenvalue weighted by Crippen LogP contribution is 2.20. The lowest BCUT2D eigenvalue weighted by atomic mass is 10.2. The van der Waals surface area contributed by atoms with Gasteiger partial charge in [-0.05, 0) is 37.0 Å². The molecule has 0 spiro atoms. The number of hydrogen-bond acceptors (Lipinski definition) is 3. The van der Waals surface area contributed by atoms with E-state index in [4.69, 9.17) is 9.84 Å². The van der Waals surface area contributed by atoms with Crippen molar-refractivity contribution in [3.05, 3.63) is 29.8 Å². The largest absolute Gasteiger partial charge is 0.491 e. The number of nitrogens with one attached hydrogen (secondary N) is 1. The highest BCUT2D eigenvalue weighted by Gasteiger charge is 2.28. The number of aliphatic carboxylic acids is 1. The van der Waals surface area contributed by atoms with Gasteiger partial charge in [-0.25, -0.2) is 0 Å². The van der Waals surface area contributed by atoms with Gasteiger partial charge in [-0.15, -0.1) is 0 Å². The van der Waals surface area contributed by atoms with Crippen LogP contribution in [0.1, 0.15) is 25.3 Å². The Morgan fingerprint density at radius 3 is 2.94 bits per heavy atom. The molecule has 1 aliphatic carbocycles. The Bertz CT molecular complexity index is 415. The molecule has 1 saturated carbocycles. The Morgan fingerprint density at radius 1 is 1.56 bits per heavy atom. The second kappa shape index (κ2) is 5.87. The molecule has 0 radical (unpaired) electrons. The molecule has 98 valence electrons. The summed E-state index contributed by atoms with van der Waals surface area (Å²) in [6, 6.07) is 7.51. The van der Waals surface area contributed by atoms with E-state index < -0.39 is 12.0 Å². The quantitative estimate of drug-likeness (QED) is 0.774. The number of ether oxygens (including phenoxy) is 1. The Morgan fingerprint density at radius 2 is 2.33 bits per heavy atom. The fourth-order valence-corrected chi connectivity index (χ4v) is 1.76. The molecule has 1 atom stereocenters. The summed E-state index contributed by atoms with van der Waals surface area (Å²) in [4.78, 5) is 11.1. The van der Waals surface area contributed by atoms with Gasteiger partial charge in [-0.2, -0.15) is 0 Å². The average molecular weight is 249 g/mol. The summed E-state index contributed by atoms with van der Waals surface area (Å²) < 4.78 is 5.56. The summed E-state index contributed by atoms with van der Waals surface area (Å²) in [6.45, 7) is 2.24. The van der Waals surface area contributed by atoms with Crippen LogP contribution in [0, 0.1) is 0 Å². The van der Waals surface area contributed by atoms with E-state index in [1.807, 2.05) is 24.3 Å². The Balaban J connectivity index is 1.88. The number of carboxylic acid groups (broad SMARTS) is 1. The van der Waals surface area contributed by atoms with Gasteiger partial charge in [-0.1, -0.05) is 19.1 Å². The van der Waals surface area contributed by atoms with Crippen LogP contribution < -0.4 is 10.1 Å². The molecule has 1 fully saturated rings. The average Bonchev–Trinajstić information content (AvgIpc) is 3.18. The SMILES string of the molecule is CCc1cccc(OCC(NC2CC2)C(=O)O)c1. The first kappa shape index (κ1) is 12.9. The van der Waals surface area contributed by atoms with Crippen LogP contribution in [0.15, 0.2) is 24.3 Å². The number of carboxylic acids is 1. The molecule has 4 nitrogen and oxygen atoms in total. The Labute approximate surface area is 107 Å². The smallest absolute Gasteiger partial charge is 0.324 e. The molecule has 1 aromatic rings. The van der Waals surface area contributed by atoms with Crippen molar-refractivity contribution in [2.24, 2.45) is 0 Å². The Kier molecular flexibility index (Phi) is 4.20. The van der Waals surface area contributed by atoms with E-state index in [-0.39, 0.29) is 6.61 Å². The van der Waals surface area contributed by atoms with Gasteiger partial charge < -0.3 is 9.84 Å². The van der Waals surface area contributed by atoms with Crippen molar-refractivity contribution in [3.63, 3.8) is 0 Å². The third-order valence-electron chi connectivity index (χ3n) is 3.04. The summed E-state index contributed by atoms with van der Waals surface area (Å²) in [5, 5.41) is 12.2. The van der Waals surface area contributed by atoms with Crippen LogP contribution in [0.5, 0.6) is 5.75 Å². The highest BCUT2D eigenvalue weighted by molar-refractivity contribution is 5.73. The van der Waals surface area contributed by atoms with E-state index in [1.54, 1.807) is 0 Å². The van der Waals surface area contributed by atoms with Gasteiger partial charge in [0.15, 0.2) is 0 Å². The summed E-state index contributed by atoms with van der Waals surface area (Å²) in [7, 11) is 0. The van der Waals surface area contributed by atoms with Gasteiger partial charge in [-0.3, -0.25) is 10.1 Å². The van der Waals surface area contributed by atoms with Crippen molar-refractivity contribution in [2.45, 2.75) is 38.3 Å². The van der Waals surface area contributed by atoms with Gasteiger partial charge in [0.25, 0.3) is 0 Å². The van der Waals surface area contributed by atoms with Gasteiger partial charge in [0.1, 0.15) is 18.4 Å². The fourth-order valence-electron chi connectivity index (χ4n) is 1.76. The molecule has 1 unspecified atom stereocenters. The van der Waals surface area contributed by atoms with Crippen molar-refractivity contribution in [1.29, 1.82) is 0 Å². The summed E-state index contributed by atoms with van der Waals surface area (Å²) in [6.07, 6.45) is 3.07. The van der Waals surface area contributed by atoms with Crippen LogP contribution >= 0.6 is 0 Å². The third kappa shape index (κ3) is 3.74. The van der Waals surface area contributed by atoms with Crippen LogP contribution in [0.3, 0.4) is 0 Å². The zero-order valence-electron chi connectivity index (χ0n) is 10.6. The maximum absolute atomic E-state index is 11.1. The maximum atomic E-state index is 11.1. The van der Waals surface area contributed by atoms with E-state index in [0.29, 0.717) is 6.04 Å². The zero-order valence-corrected chi connectivity index (χ0v) is 10.6. The van der Waals surface area contributed by atoms with Crippen molar-refractivity contribution >= 4 is 5.97 Å². The number of hydrogen-bond donors (Lipinski definition) is 2. The number of benzene rings is 1. The summed E-state index contributed by atoms with van der Waals surface area (Å²) in [5.41, 5.74) is 1.19. The van der Waals surface area contributed by atoms with E-state index in [0.717, 1.165) is 25.0 Å². The van der Waals surface area contributed by atoms with Gasteiger partial charge >= 0.3 is 5.97 Å². The van der Waals surface area contributed by atoms with Crippen molar-refractivity contribution in [2.75, 3.05) is 6.61 Å². The number of rotatable bonds is 7. The lowest BCUT2D eigenvalue weighted by Crippen LogP contribution is -2.42. The second-order valence-corrected chi connectivity index (χ2v) is 4.64. The minimum Gasteiger partial charge on any atom is -0.491 e. The van der Waals surface area contributed by atoms with E-state index in [1.165, 1.54) is 5.56 Å². The first-order valence-corrected chi connectivity index (χ1v) is 6.39. The summed E-state index contributed by atoms with van der Waals surface area (Å²) in [5.74, 6) is -0.119. The molecule has 1 aliphatic rings. The number of carbonyl (C=O) groups is 1. The molecule has 2 N–H and O–H groups in total. The normalized spacial score (nSPS) is 16.3. The molecule has 0 bridgehead atoms. The molecule has 0 saturated heterocycles. The highest BCUT2D eigenvalue weighted by atomic mass is 16.5. The lowest BCUT2D eigenvalue weighted by Gasteiger charge is -2.15. The van der Waals surface area contributed by atoms with Crippen LogP contribution in [-0.2, 0) is 11.2 Å².